The molecule has 2 aromatic heterocycles. The van der Waals surface area contributed by atoms with E-state index in [4.69, 9.17) is 4.99 Å². The van der Waals surface area contributed by atoms with Crippen LogP contribution in [-0.2, 0) is 0 Å². The van der Waals surface area contributed by atoms with Gasteiger partial charge in [0.25, 0.3) is 6.17 Å². The number of hydrogen-bond donors (Lipinski definition) is 0. The molecule has 0 radical (unpaired) electrons. The van der Waals surface area contributed by atoms with Crippen molar-refractivity contribution in [3.8, 4) is 22.5 Å². The van der Waals surface area contributed by atoms with Gasteiger partial charge in [-0.05, 0) is 92.6 Å². The van der Waals surface area contributed by atoms with Gasteiger partial charge in [0, 0.05) is 50.2 Å². The largest absolute Gasteiger partial charge is 0.321 e. The number of aromatic nitrogens is 2. The average molecular weight is 786 g/mol. The molecule has 290 valence electrons. The predicted octanol–water partition coefficient (Wildman–Crippen LogP) is 13.5. The van der Waals surface area contributed by atoms with E-state index in [-0.39, 0.29) is 6.17 Å². The van der Waals surface area contributed by atoms with Crippen molar-refractivity contribution >= 4 is 84.5 Å². The number of nitrogens with zero attached hydrogens (tertiary/aromatic N) is 6. The number of fused-ring (bicyclic) bond motifs is 14. The molecule has 6 nitrogen and oxygen atoms in total. The van der Waals surface area contributed by atoms with E-state index in [0.717, 1.165) is 23.7 Å². The first-order valence-electron chi connectivity index (χ1n) is 21.2. The zero-order valence-corrected chi connectivity index (χ0v) is 34.2. The molecule has 0 amide bonds. The zero-order valence-electron chi connectivity index (χ0n) is 34.2. The molecule has 5 heterocycles. The maximum absolute atomic E-state index is 5.16. The van der Waals surface area contributed by atoms with Crippen LogP contribution in [0.15, 0.2) is 169 Å². The molecular formula is C55H41N6+. The van der Waals surface area contributed by atoms with Crippen molar-refractivity contribution in [2.24, 2.45) is 4.99 Å². The lowest BCUT2D eigenvalue weighted by Crippen LogP contribution is -2.25. The van der Waals surface area contributed by atoms with Gasteiger partial charge in [0.2, 0.25) is 5.69 Å². The lowest BCUT2D eigenvalue weighted by Gasteiger charge is -2.26. The number of benzene rings is 8. The summed E-state index contributed by atoms with van der Waals surface area (Å²) in [6.07, 6.45) is 3.92. The molecule has 3 aliphatic heterocycles. The van der Waals surface area contributed by atoms with Gasteiger partial charge < -0.3 is 18.9 Å². The summed E-state index contributed by atoms with van der Waals surface area (Å²) in [5.41, 5.74) is 20.6. The number of hydrogen-bond acceptors (Lipinski definition) is 3. The second-order valence-corrected chi connectivity index (χ2v) is 16.8. The van der Waals surface area contributed by atoms with Gasteiger partial charge in [-0.3, -0.25) is 0 Å². The monoisotopic (exact) mass is 785 g/mol. The van der Waals surface area contributed by atoms with Gasteiger partial charge in [0.1, 0.15) is 6.67 Å². The first-order chi connectivity index (χ1) is 30.0. The van der Waals surface area contributed by atoms with Crippen LogP contribution in [0.25, 0.3) is 66.1 Å². The second kappa shape index (κ2) is 12.7. The van der Waals surface area contributed by atoms with Crippen LogP contribution in [0.5, 0.6) is 0 Å². The Morgan fingerprint density at radius 3 is 2.00 bits per heavy atom. The van der Waals surface area contributed by atoms with Crippen molar-refractivity contribution in [1.82, 2.24) is 9.13 Å². The smallest absolute Gasteiger partial charge is 0.278 e. The zero-order chi connectivity index (χ0) is 40.5. The Labute approximate surface area is 353 Å². The molecule has 1 atom stereocenters. The maximum Gasteiger partial charge on any atom is 0.278 e. The molecule has 0 saturated heterocycles. The quantitative estimate of drug-likeness (QED) is 0.166. The molecule has 0 spiro atoms. The molecule has 0 saturated carbocycles. The summed E-state index contributed by atoms with van der Waals surface area (Å²) in [5.74, 6) is 0. The van der Waals surface area contributed by atoms with Gasteiger partial charge in [0.05, 0.1) is 56.5 Å². The molecule has 0 N–H and O–H groups in total. The van der Waals surface area contributed by atoms with E-state index in [1.54, 1.807) is 0 Å². The predicted molar refractivity (Wildman–Crippen MR) is 254 cm³/mol. The Bertz CT molecular complexity index is 3540. The average Bonchev–Trinajstić information content (AvgIpc) is 4.08. The lowest BCUT2D eigenvalue weighted by molar-refractivity contribution is -0.480. The standard InChI is InChI=1S/C55H41N6/c1-34-29-35(2)53(36(3)30-34)59-33-58(47-23-13-14-24-48(47)59)38-25-26-40-39-17-7-11-21-45(39)61(49(40)31-38)50-32-43-51(41-18-8-10-20-44(41)57-28-27-56-55(43)57)54-52(50)42-19-9-12-22-46(42)60(54)37-15-5-4-6-16-37/h4-32,55H,33H2,1-3H3/q+1. The van der Waals surface area contributed by atoms with Crippen molar-refractivity contribution in [1.29, 1.82) is 0 Å². The first kappa shape index (κ1) is 34.2. The molecule has 13 rings (SSSR count). The molecule has 10 aromatic rings. The van der Waals surface area contributed by atoms with Crippen LogP contribution in [0.4, 0.5) is 28.4 Å². The van der Waals surface area contributed by atoms with Gasteiger partial charge >= 0.3 is 0 Å². The summed E-state index contributed by atoms with van der Waals surface area (Å²) in [6, 6.07) is 60.5. The lowest BCUT2D eigenvalue weighted by atomic mass is 9.89. The summed E-state index contributed by atoms with van der Waals surface area (Å²) < 4.78 is 7.37. The molecular weight excluding hydrogens is 745 g/mol. The van der Waals surface area contributed by atoms with Crippen LogP contribution in [0.3, 0.4) is 0 Å². The van der Waals surface area contributed by atoms with Gasteiger partial charge in [-0.15, -0.1) is 0 Å². The fraction of sp³-hybridized carbons (Fsp3) is 0.0909. The third kappa shape index (κ3) is 4.73. The van der Waals surface area contributed by atoms with E-state index in [1.807, 2.05) is 6.21 Å². The van der Waals surface area contributed by atoms with Crippen LogP contribution < -0.4 is 9.80 Å². The molecule has 1 unspecified atom stereocenters. The van der Waals surface area contributed by atoms with E-state index in [0.29, 0.717) is 0 Å². The Morgan fingerprint density at radius 1 is 0.541 bits per heavy atom. The number of aliphatic imine (C=N–C) groups is 1. The van der Waals surface area contributed by atoms with Crippen LogP contribution in [0, 0.1) is 20.8 Å². The minimum atomic E-state index is -0.181. The van der Waals surface area contributed by atoms with E-state index in [1.165, 1.54) is 99.7 Å². The Kier molecular flexibility index (Phi) is 7.09. The van der Waals surface area contributed by atoms with Crippen LogP contribution in [0.1, 0.15) is 28.4 Å². The summed E-state index contributed by atoms with van der Waals surface area (Å²) in [6.45, 7) is 7.39. The fourth-order valence-corrected chi connectivity index (χ4v) is 11.0. The van der Waals surface area contributed by atoms with Crippen molar-refractivity contribution in [3.05, 3.63) is 186 Å². The summed E-state index contributed by atoms with van der Waals surface area (Å²) in [4.78, 5) is 10.1. The fourth-order valence-electron chi connectivity index (χ4n) is 11.0. The molecule has 0 fully saturated rings. The highest BCUT2D eigenvalue weighted by molar-refractivity contribution is 6.21. The van der Waals surface area contributed by atoms with Crippen molar-refractivity contribution < 1.29 is 4.58 Å². The Morgan fingerprint density at radius 2 is 1.20 bits per heavy atom. The molecule has 0 bridgehead atoms. The molecule has 61 heavy (non-hydrogen) atoms. The third-order valence-corrected chi connectivity index (χ3v) is 13.3. The van der Waals surface area contributed by atoms with E-state index in [2.05, 4.69) is 214 Å². The van der Waals surface area contributed by atoms with E-state index in [9.17, 15) is 0 Å². The first-order valence-corrected chi connectivity index (χ1v) is 21.2. The Hall–Kier alpha value is -7.70. The number of aryl methyl sites for hydroxylation is 3. The molecule has 3 aliphatic rings. The second-order valence-electron chi connectivity index (χ2n) is 16.8. The van der Waals surface area contributed by atoms with Crippen molar-refractivity contribution in [3.63, 3.8) is 0 Å². The van der Waals surface area contributed by atoms with Crippen molar-refractivity contribution in [2.45, 2.75) is 26.9 Å². The highest BCUT2D eigenvalue weighted by atomic mass is 15.4. The number of anilines is 4. The highest BCUT2D eigenvalue weighted by Crippen LogP contribution is 2.53. The van der Waals surface area contributed by atoms with E-state index >= 15 is 0 Å². The molecule has 8 aromatic carbocycles. The van der Waals surface area contributed by atoms with Crippen LogP contribution >= 0.6 is 0 Å². The minimum Gasteiger partial charge on any atom is -0.321 e. The third-order valence-electron chi connectivity index (χ3n) is 13.3. The number of para-hydroxylation sites is 6. The van der Waals surface area contributed by atoms with Gasteiger partial charge in [-0.1, -0.05) is 103 Å². The minimum absolute atomic E-state index is 0.181. The highest BCUT2D eigenvalue weighted by Gasteiger charge is 2.40. The van der Waals surface area contributed by atoms with Crippen LogP contribution in [0.2, 0.25) is 0 Å². The van der Waals surface area contributed by atoms with Gasteiger partial charge in [-0.25, -0.2) is 4.99 Å². The molecule has 0 aliphatic carbocycles. The summed E-state index contributed by atoms with van der Waals surface area (Å²) in [7, 11) is 0. The van der Waals surface area contributed by atoms with Crippen LogP contribution in [-0.4, -0.2) is 32.8 Å². The topological polar surface area (TPSA) is 31.7 Å². The normalized spacial score (nSPS) is 15.2. The van der Waals surface area contributed by atoms with Crippen molar-refractivity contribution in [2.75, 3.05) is 16.5 Å². The Balaban J connectivity index is 1.13. The number of rotatable bonds is 4. The summed E-state index contributed by atoms with van der Waals surface area (Å²) in [5, 5.41) is 4.90. The van der Waals surface area contributed by atoms with Gasteiger partial charge in [0.15, 0.2) is 6.21 Å². The maximum atomic E-state index is 5.16. The van der Waals surface area contributed by atoms with Gasteiger partial charge in [-0.2, -0.15) is 4.58 Å². The molecule has 6 heteroatoms. The summed E-state index contributed by atoms with van der Waals surface area (Å²) >= 11 is 0. The van der Waals surface area contributed by atoms with E-state index < -0.39 is 0 Å². The SMILES string of the molecule is Cc1cc(C)c(N2CN(c3ccc4c5ccccc5n(-c5cc6c(c7c5c5ccccc5n7-c5ccccc5)-c5ccccc5[N+]5=CC=NC65)c4c3)c3ccccc32)c(C)c1.